The highest BCUT2D eigenvalue weighted by Crippen LogP contribution is 2.23. The van der Waals surface area contributed by atoms with Crippen molar-refractivity contribution in [3.8, 4) is 11.5 Å². The Hall–Kier alpha value is -1.23. The maximum absolute atomic E-state index is 11.7. The first-order valence-electron chi connectivity index (χ1n) is 6.23. The number of ether oxygens (including phenoxy) is 1. The van der Waals surface area contributed by atoms with Gasteiger partial charge in [0.15, 0.2) is 0 Å². The number of phenols is 1. The summed E-state index contributed by atoms with van der Waals surface area (Å²) in [6, 6.07) is 5.16. The predicted octanol–water partition coefficient (Wildman–Crippen LogP) is 2.48. The van der Waals surface area contributed by atoms with Crippen LogP contribution in [0.1, 0.15) is 19.4 Å². The van der Waals surface area contributed by atoms with Gasteiger partial charge in [-0.1, -0.05) is 35.8 Å². The number of carbonyl (C=O) groups is 1. The van der Waals surface area contributed by atoms with E-state index in [0.717, 1.165) is 5.56 Å². The molecule has 2 N–H and O–H groups in total. The molecule has 4 nitrogen and oxygen atoms in total. The van der Waals surface area contributed by atoms with Crippen LogP contribution in [0.4, 0.5) is 0 Å². The van der Waals surface area contributed by atoms with E-state index in [1.807, 2.05) is 13.8 Å². The molecule has 1 amide bonds. The monoisotopic (exact) mass is 329 g/mol. The lowest BCUT2D eigenvalue weighted by Gasteiger charge is -2.14. The molecule has 1 rings (SSSR count). The highest BCUT2D eigenvalue weighted by atomic mass is 79.9. The lowest BCUT2D eigenvalue weighted by molar-refractivity contribution is -0.121. The second-order valence-corrected chi connectivity index (χ2v) is 5.67. The number of phenolic OH excluding ortho intramolecular Hbond substituents is 1. The highest BCUT2D eigenvalue weighted by Gasteiger charge is 2.17. The molecule has 0 heterocycles. The van der Waals surface area contributed by atoms with Gasteiger partial charge < -0.3 is 15.2 Å². The van der Waals surface area contributed by atoms with Gasteiger partial charge in [-0.15, -0.1) is 0 Å². The average molecular weight is 330 g/mol. The van der Waals surface area contributed by atoms with Crippen LogP contribution < -0.4 is 10.1 Å². The standard InChI is InChI=1S/C14H20BrNO3/c1-9(2)13(15)14(18)16-7-6-10-4-5-11(19-3)8-12(10)17/h4-5,8-9,13,17H,6-7H2,1-3H3,(H,16,18). The summed E-state index contributed by atoms with van der Waals surface area (Å²) in [5.41, 5.74) is 0.789. The Labute approximate surface area is 122 Å². The molecule has 1 aromatic rings. The van der Waals surface area contributed by atoms with E-state index in [4.69, 9.17) is 4.74 Å². The molecule has 0 bridgehead atoms. The van der Waals surface area contributed by atoms with E-state index < -0.39 is 0 Å². The summed E-state index contributed by atoms with van der Waals surface area (Å²) in [7, 11) is 1.55. The van der Waals surface area contributed by atoms with Crippen LogP contribution in [-0.2, 0) is 11.2 Å². The molecule has 1 aromatic carbocycles. The first-order chi connectivity index (χ1) is 8.95. The Morgan fingerprint density at radius 2 is 2.16 bits per heavy atom. The SMILES string of the molecule is COc1ccc(CCNC(=O)C(Br)C(C)C)c(O)c1. The lowest BCUT2D eigenvalue weighted by atomic mass is 10.1. The maximum Gasteiger partial charge on any atom is 0.234 e. The van der Waals surface area contributed by atoms with Gasteiger partial charge in [-0.2, -0.15) is 0 Å². The normalized spacial score (nSPS) is 12.3. The summed E-state index contributed by atoms with van der Waals surface area (Å²) in [6.45, 7) is 4.45. The number of hydrogen-bond donors (Lipinski definition) is 2. The molecule has 0 aliphatic rings. The van der Waals surface area contributed by atoms with Crippen LogP contribution in [0.15, 0.2) is 18.2 Å². The van der Waals surface area contributed by atoms with E-state index in [1.165, 1.54) is 0 Å². The quantitative estimate of drug-likeness (QED) is 0.788. The Bertz CT molecular complexity index is 435. The van der Waals surface area contributed by atoms with Gasteiger partial charge in [0, 0.05) is 12.6 Å². The Kier molecular flexibility index (Phi) is 6.15. The van der Waals surface area contributed by atoms with Crippen molar-refractivity contribution in [2.45, 2.75) is 25.1 Å². The van der Waals surface area contributed by atoms with Gasteiger partial charge in [0.05, 0.1) is 11.9 Å². The topological polar surface area (TPSA) is 58.6 Å². The van der Waals surface area contributed by atoms with Crippen LogP contribution in [0.2, 0.25) is 0 Å². The minimum atomic E-state index is -0.183. The van der Waals surface area contributed by atoms with E-state index in [0.29, 0.717) is 18.7 Å². The zero-order chi connectivity index (χ0) is 14.4. The highest BCUT2D eigenvalue weighted by molar-refractivity contribution is 9.10. The number of benzene rings is 1. The minimum Gasteiger partial charge on any atom is -0.508 e. The fourth-order valence-electron chi connectivity index (χ4n) is 1.60. The number of nitrogens with one attached hydrogen (secondary N) is 1. The van der Waals surface area contributed by atoms with E-state index in [-0.39, 0.29) is 22.4 Å². The Morgan fingerprint density at radius 3 is 2.68 bits per heavy atom. The largest absolute Gasteiger partial charge is 0.508 e. The molecule has 19 heavy (non-hydrogen) atoms. The summed E-state index contributed by atoms with van der Waals surface area (Å²) in [5.74, 6) is 1.02. The molecule has 1 atom stereocenters. The van der Waals surface area contributed by atoms with E-state index in [9.17, 15) is 9.90 Å². The first kappa shape index (κ1) is 15.8. The summed E-state index contributed by atoms with van der Waals surface area (Å²) < 4.78 is 5.01. The van der Waals surface area contributed by atoms with Crippen molar-refractivity contribution in [2.24, 2.45) is 5.92 Å². The van der Waals surface area contributed by atoms with Crippen molar-refractivity contribution >= 4 is 21.8 Å². The molecular formula is C14H20BrNO3. The Morgan fingerprint density at radius 1 is 1.47 bits per heavy atom. The maximum atomic E-state index is 11.7. The van der Waals surface area contributed by atoms with Gasteiger partial charge in [0.1, 0.15) is 11.5 Å². The van der Waals surface area contributed by atoms with Crippen molar-refractivity contribution in [3.05, 3.63) is 23.8 Å². The molecule has 0 radical (unpaired) electrons. The number of hydrogen-bond acceptors (Lipinski definition) is 3. The number of carbonyl (C=O) groups excluding carboxylic acids is 1. The number of alkyl halides is 1. The summed E-state index contributed by atoms with van der Waals surface area (Å²) in [4.78, 5) is 11.5. The third-order valence-electron chi connectivity index (χ3n) is 2.82. The van der Waals surface area contributed by atoms with Crippen molar-refractivity contribution in [2.75, 3.05) is 13.7 Å². The van der Waals surface area contributed by atoms with Crippen molar-refractivity contribution in [1.29, 1.82) is 0 Å². The molecule has 0 spiro atoms. The van der Waals surface area contributed by atoms with Gasteiger partial charge in [-0.3, -0.25) is 4.79 Å². The number of rotatable bonds is 6. The fraction of sp³-hybridized carbons (Fsp3) is 0.500. The van der Waals surface area contributed by atoms with E-state index >= 15 is 0 Å². The smallest absolute Gasteiger partial charge is 0.234 e. The summed E-state index contributed by atoms with van der Waals surface area (Å²) in [5, 5.41) is 12.6. The number of methoxy groups -OCH3 is 1. The van der Waals surface area contributed by atoms with Crippen LogP contribution in [0.5, 0.6) is 11.5 Å². The van der Waals surface area contributed by atoms with Crippen LogP contribution in [-0.4, -0.2) is 29.5 Å². The first-order valence-corrected chi connectivity index (χ1v) is 7.15. The molecule has 1 unspecified atom stereocenters. The van der Waals surface area contributed by atoms with Crippen LogP contribution >= 0.6 is 15.9 Å². The molecule has 0 saturated carbocycles. The molecule has 5 heteroatoms. The van der Waals surface area contributed by atoms with E-state index in [1.54, 1.807) is 25.3 Å². The zero-order valence-electron chi connectivity index (χ0n) is 11.4. The molecule has 106 valence electrons. The number of halogens is 1. The van der Waals surface area contributed by atoms with Gasteiger partial charge in [0.2, 0.25) is 5.91 Å². The van der Waals surface area contributed by atoms with Gasteiger partial charge in [-0.25, -0.2) is 0 Å². The third-order valence-corrected chi connectivity index (χ3v) is 4.29. The van der Waals surface area contributed by atoms with Crippen LogP contribution in [0.25, 0.3) is 0 Å². The van der Waals surface area contributed by atoms with Crippen molar-refractivity contribution in [3.63, 3.8) is 0 Å². The van der Waals surface area contributed by atoms with Crippen molar-refractivity contribution < 1.29 is 14.6 Å². The fourth-order valence-corrected chi connectivity index (χ4v) is 1.76. The van der Waals surface area contributed by atoms with Gasteiger partial charge >= 0.3 is 0 Å². The van der Waals surface area contributed by atoms with E-state index in [2.05, 4.69) is 21.2 Å². The zero-order valence-corrected chi connectivity index (χ0v) is 13.0. The average Bonchev–Trinajstić information content (AvgIpc) is 2.39. The minimum absolute atomic E-state index is 0.0250. The molecule has 0 aliphatic carbocycles. The van der Waals surface area contributed by atoms with Crippen LogP contribution in [0, 0.1) is 5.92 Å². The van der Waals surface area contributed by atoms with Crippen molar-refractivity contribution in [1.82, 2.24) is 5.32 Å². The summed E-state index contributed by atoms with van der Waals surface area (Å²) >= 11 is 3.35. The molecule has 0 aromatic heterocycles. The lowest BCUT2D eigenvalue weighted by Crippen LogP contribution is -2.35. The van der Waals surface area contributed by atoms with Gasteiger partial charge in [-0.05, 0) is 24.0 Å². The predicted molar refractivity (Wildman–Crippen MR) is 78.9 cm³/mol. The number of aromatic hydroxyl groups is 1. The second-order valence-electron chi connectivity index (χ2n) is 4.68. The third kappa shape index (κ3) is 4.74. The second kappa shape index (κ2) is 7.38. The summed E-state index contributed by atoms with van der Waals surface area (Å²) in [6.07, 6.45) is 0.583. The Balaban J connectivity index is 2.47. The van der Waals surface area contributed by atoms with Gasteiger partial charge in [0.25, 0.3) is 0 Å². The molecular weight excluding hydrogens is 310 g/mol. The molecule has 0 saturated heterocycles. The number of amides is 1. The molecule has 0 aliphatic heterocycles. The molecule has 0 fully saturated rings. The van der Waals surface area contributed by atoms with Crippen LogP contribution in [0.3, 0.4) is 0 Å².